The lowest BCUT2D eigenvalue weighted by Crippen LogP contribution is -2.51. The molecule has 2 rings (SSSR count). The number of amides is 1. The van der Waals surface area contributed by atoms with E-state index in [2.05, 4.69) is 17.5 Å². The molecule has 17 heavy (non-hydrogen) atoms. The van der Waals surface area contributed by atoms with Crippen molar-refractivity contribution >= 4 is 5.91 Å². The zero-order valence-corrected chi connectivity index (χ0v) is 10.0. The first kappa shape index (κ1) is 11.9. The van der Waals surface area contributed by atoms with Crippen LogP contribution in [0.5, 0.6) is 0 Å². The average Bonchev–Trinajstić information content (AvgIpc) is 2.83. The van der Waals surface area contributed by atoms with E-state index >= 15 is 0 Å². The highest BCUT2D eigenvalue weighted by molar-refractivity contribution is 5.87. The third kappa shape index (κ3) is 2.56. The van der Waals surface area contributed by atoms with Gasteiger partial charge in [-0.2, -0.15) is 0 Å². The minimum atomic E-state index is -0.968. The van der Waals surface area contributed by atoms with E-state index in [-0.39, 0.29) is 11.9 Å². The van der Waals surface area contributed by atoms with Crippen molar-refractivity contribution in [2.45, 2.75) is 31.3 Å². The highest BCUT2D eigenvalue weighted by atomic mass is 16.2. The molecule has 0 saturated heterocycles. The first-order valence-corrected chi connectivity index (χ1v) is 5.91. The molecular formula is C14H18N2O. The maximum atomic E-state index is 12.2. The molecule has 1 aliphatic rings. The van der Waals surface area contributed by atoms with Crippen molar-refractivity contribution in [1.29, 1.82) is 0 Å². The molecule has 0 aliphatic heterocycles. The second-order valence-corrected chi connectivity index (χ2v) is 4.68. The van der Waals surface area contributed by atoms with Gasteiger partial charge in [-0.1, -0.05) is 42.5 Å². The van der Waals surface area contributed by atoms with Gasteiger partial charge >= 0.3 is 0 Å². The first-order valence-electron chi connectivity index (χ1n) is 5.91. The number of hydrogen-bond acceptors (Lipinski definition) is 2. The molecule has 1 aliphatic carbocycles. The molecule has 0 aromatic heterocycles. The summed E-state index contributed by atoms with van der Waals surface area (Å²) >= 11 is 0. The fourth-order valence-electron chi connectivity index (χ4n) is 1.99. The van der Waals surface area contributed by atoms with Crippen LogP contribution in [0.3, 0.4) is 0 Å². The quantitative estimate of drug-likeness (QED) is 0.776. The van der Waals surface area contributed by atoms with Crippen LogP contribution in [0, 0.1) is 0 Å². The Hall–Kier alpha value is -1.61. The first-order chi connectivity index (χ1) is 8.10. The molecule has 1 atom stereocenters. The number of carbonyl (C=O) groups excluding carboxylic acids is 1. The Labute approximate surface area is 102 Å². The number of nitrogens with one attached hydrogen (secondary N) is 1. The highest BCUT2D eigenvalue weighted by Crippen LogP contribution is 2.19. The number of benzene rings is 1. The lowest BCUT2D eigenvalue weighted by molar-refractivity contribution is -0.126. The van der Waals surface area contributed by atoms with Crippen molar-refractivity contribution in [3.8, 4) is 0 Å². The van der Waals surface area contributed by atoms with E-state index in [1.807, 2.05) is 30.3 Å². The Bertz CT molecular complexity index is 415. The number of nitrogens with two attached hydrogens (primary N) is 1. The third-order valence-electron chi connectivity index (χ3n) is 3.19. The molecule has 0 fully saturated rings. The minimum absolute atomic E-state index is 0.114. The van der Waals surface area contributed by atoms with Crippen LogP contribution in [0.1, 0.15) is 25.3 Å². The number of carbonyl (C=O) groups is 1. The Balaban J connectivity index is 2.07. The topological polar surface area (TPSA) is 55.1 Å². The van der Waals surface area contributed by atoms with E-state index in [9.17, 15) is 4.79 Å². The Morgan fingerprint density at radius 1 is 1.29 bits per heavy atom. The van der Waals surface area contributed by atoms with Crippen LogP contribution >= 0.6 is 0 Å². The van der Waals surface area contributed by atoms with Crippen molar-refractivity contribution in [2.75, 3.05) is 0 Å². The molecule has 1 aromatic carbocycles. The normalized spacial score (nSPS) is 18.9. The molecule has 1 amide bonds. The molecule has 0 bridgehead atoms. The zero-order valence-electron chi connectivity index (χ0n) is 10.0. The van der Waals surface area contributed by atoms with Gasteiger partial charge < -0.3 is 11.1 Å². The van der Waals surface area contributed by atoms with Gasteiger partial charge in [0.15, 0.2) is 0 Å². The number of rotatable bonds is 3. The molecule has 1 aromatic rings. The van der Waals surface area contributed by atoms with Gasteiger partial charge in [-0.05, 0) is 25.3 Å². The maximum absolute atomic E-state index is 12.2. The van der Waals surface area contributed by atoms with Crippen LogP contribution in [-0.2, 0) is 10.3 Å². The van der Waals surface area contributed by atoms with Gasteiger partial charge in [0.05, 0.1) is 0 Å². The molecule has 0 saturated carbocycles. The van der Waals surface area contributed by atoms with Crippen molar-refractivity contribution in [2.24, 2.45) is 5.73 Å². The van der Waals surface area contributed by atoms with Gasteiger partial charge in [-0.25, -0.2) is 0 Å². The lowest BCUT2D eigenvalue weighted by Gasteiger charge is -2.26. The van der Waals surface area contributed by atoms with Gasteiger partial charge in [0.1, 0.15) is 5.54 Å². The lowest BCUT2D eigenvalue weighted by atomic mass is 9.92. The van der Waals surface area contributed by atoms with Gasteiger partial charge in [0, 0.05) is 6.04 Å². The summed E-state index contributed by atoms with van der Waals surface area (Å²) < 4.78 is 0. The van der Waals surface area contributed by atoms with E-state index in [0.29, 0.717) is 0 Å². The summed E-state index contributed by atoms with van der Waals surface area (Å²) in [6, 6.07) is 9.67. The van der Waals surface area contributed by atoms with Gasteiger partial charge in [-0.3, -0.25) is 4.79 Å². The molecule has 0 spiro atoms. The van der Waals surface area contributed by atoms with Gasteiger partial charge in [-0.15, -0.1) is 0 Å². The van der Waals surface area contributed by atoms with Crippen molar-refractivity contribution in [1.82, 2.24) is 5.32 Å². The summed E-state index contributed by atoms with van der Waals surface area (Å²) in [5, 5.41) is 2.99. The van der Waals surface area contributed by atoms with Crippen molar-refractivity contribution in [3.05, 3.63) is 48.0 Å². The number of hydrogen-bond donors (Lipinski definition) is 2. The van der Waals surface area contributed by atoms with E-state index in [4.69, 9.17) is 5.73 Å². The Kier molecular flexibility index (Phi) is 3.29. The van der Waals surface area contributed by atoms with E-state index in [1.165, 1.54) is 0 Å². The summed E-state index contributed by atoms with van der Waals surface area (Å²) in [5.41, 5.74) is 6.00. The molecule has 3 N–H and O–H groups in total. The summed E-state index contributed by atoms with van der Waals surface area (Å²) in [4.78, 5) is 12.2. The fraction of sp³-hybridized carbons (Fsp3) is 0.357. The Morgan fingerprint density at radius 2 is 1.88 bits per heavy atom. The van der Waals surface area contributed by atoms with E-state index < -0.39 is 5.54 Å². The molecule has 1 unspecified atom stereocenters. The predicted octanol–water partition coefficient (Wildman–Crippen LogP) is 1.70. The molecule has 0 heterocycles. The predicted molar refractivity (Wildman–Crippen MR) is 68.3 cm³/mol. The monoisotopic (exact) mass is 230 g/mol. The summed E-state index contributed by atoms with van der Waals surface area (Å²) in [6.07, 6.45) is 5.97. The molecule has 3 nitrogen and oxygen atoms in total. The van der Waals surface area contributed by atoms with Crippen LogP contribution in [-0.4, -0.2) is 11.9 Å². The van der Waals surface area contributed by atoms with Crippen LogP contribution in [0.15, 0.2) is 42.5 Å². The second kappa shape index (κ2) is 4.72. The van der Waals surface area contributed by atoms with Crippen LogP contribution in [0.2, 0.25) is 0 Å². The largest absolute Gasteiger partial charge is 0.351 e. The second-order valence-electron chi connectivity index (χ2n) is 4.68. The summed E-state index contributed by atoms with van der Waals surface area (Å²) in [5.74, 6) is -0.114. The zero-order chi connectivity index (χ0) is 12.3. The van der Waals surface area contributed by atoms with Crippen molar-refractivity contribution in [3.63, 3.8) is 0 Å². The van der Waals surface area contributed by atoms with Crippen LogP contribution < -0.4 is 11.1 Å². The van der Waals surface area contributed by atoms with Gasteiger partial charge in [0.25, 0.3) is 0 Å². The standard InChI is InChI=1S/C14H18N2O/c1-14(15,11-7-3-2-4-8-11)13(17)16-12-9-5-6-10-12/h2-8,12H,9-10,15H2,1H3,(H,16,17). The van der Waals surface area contributed by atoms with Crippen LogP contribution in [0.25, 0.3) is 0 Å². The van der Waals surface area contributed by atoms with Crippen molar-refractivity contribution < 1.29 is 4.79 Å². The molecule has 90 valence electrons. The average molecular weight is 230 g/mol. The molecule has 3 heteroatoms. The third-order valence-corrected chi connectivity index (χ3v) is 3.19. The van der Waals surface area contributed by atoms with E-state index in [1.54, 1.807) is 6.92 Å². The van der Waals surface area contributed by atoms with E-state index in [0.717, 1.165) is 18.4 Å². The summed E-state index contributed by atoms with van der Waals surface area (Å²) in [6.45, 7) is 1.75. The van der Waals surface area contributed by atoms with Gasteiger partial charge in [0.2, 0.25) is 5.91 Å². The molecular weight excluding hydrogens is 212 g/mol. The smallest absolute Gasteiger partial charge is 0.244 e. The SMILES string of the molecule is CC(N)(C(=O)NC1CC=CC1)c1ccccc1. The maximum Gasteiger partial charge on any atom is 0.244 e. The fourth-order valence-corrected chi connectivity index (χ4v) is 1.99. The van der Waals surface area contributed by atoms with Crippen LogP contribution in [0.4, 0.5) is 0 Å². The highest BCUT2D eigenvalue weighted by Gasteiger charge is 2.31. The Morgan fingerprint density at radius 3 is 2.47 bits per heavy atom. The molecule has 0 radical (unpaired) electrons. The summed E-state index contributed by atoms with van der Waals surface area (Å²) in [7, 11) is 0. The minimum Gasteiger partial charge on any atom is -0.351 e.